The molecular formula is C21H24FN3O3. The molecule has 148 valence electrons. The highest BCUT2D eigenvalue weighted by atomic mass is 19.1. The van der Waals surface area contributed by atoms with E-state index < -0.39 is 0 Å². The van der Waals surface area contributed by atoms with Crippen molar-refractivity contribution in [3.63, 3.8) is 0 Å². The van der Waals surface area contributed by atoms with Crippen LogP contribution >= 0.6 is 0 Å². The van der Waals surface area contributed by atoms with Gasteiger partial charge in [-0.2, -0.15) is 0 Å². The summed E-state index contributed by atoms with van der Waals surface area (Å²) in [5.74, 6) is -0.739. The molecule has 0 atom stereocenters. The quantitative estimate of drug-likeness (QED) is 0.586. The third-order valence-corrected chi connectivity index (χ3v) is 4.21. The van der Waals surface area contributed by atoms with Crippen molar-refractivity contribution in [2.24, 2.45) is 10.3 Å². The Bertz CT molecular complexity index is 923. The molecule has 1 amide bonds. The zero-order chi connectivity index (χ0) is 20.7. The molecule has 2 aromatic rings. The summed E-state index contributed by atoms with van der Waals surface area (Å²) in [5.41, 5.74) is 4.10. The molecule has 0 heterocycles. The highest BCUT2D eigenvalue weighted by molar-refractivity contribution is 6.45. The van der Waals surface area contributed by atoms with E-state index in [1.54, 1.807) is 25.1 Å². The Morgan fingerprint density at radius 3 is 2.57 bits per heavy atom. The van der Waals surface area contributed by atoms with Gasteiger partial charge in [-0.05, 0) is 38.5 Å². The SMILES string of the molecule is CNC(=O)/C(=N/OC)c1cccc(C)c1CO/N=C(\C)c1cc(C)ccc1F. The van der Waals surface area contributed by atoms with E-state index in [4.69, 9.17) is 9.68 Å². The van der Waals surface area contributed by atoms with Crippen LogP contribution in [-0.2, 0) is 21.1 Å². The molecule has 0 radical (unpaired) electrons. The average Bonchev–Trinajstić information content (AvgIpc) is 2.68. The van der Waals surface area contributed by atoms with Crippen molar-refractivity contribution < 1.29 is 18.9 Å². The van der Waals surface area contributed by atoms with Crippen molar-refractivity contribution in [2.75, 3.05) is 14.2 Å². The number of hydrogen-bond donors (Lipinski definition) is 1. The normalized spacial score (nSPS) is 11.9. The van der Waals surface area contributed by atoms with Crippen LogP contribution in [-0.4, -0.2) is 31.5 Å². The molecule has 0 fully saturated rings. The fourth-order valence-corrected chi connectivity index (χ4v) is 2.70. The molecule has 0 aliphatic rings. The second-order valence-corrected chi connectivity index (χ2v) is 6.24. The van der Waals surface area contributed by atoms with Crippen LogP contribution in [0.1, 0.15) is 34.7 Å². The minimum atomic E-state index is -0.379. The van der Waals surface area contributed by atoms with Gasteiger partial charge in [-0.15, -0.1) is 0 Å². The molecule has 6 nitrogen and oxygen atoms in total. The highest BCUT2D eigenvalue weighted by Crippen LogP contribution is 2.18. The van der Waals surface area contributed by atoms with E-state index in [1.165, 1.54) is 20.2 Å². The summed E-state index contributed by atoms with van der Waals surface area (Å²) in [5, 5.41) is 10.4. The molecule has 2 rings (SSSR count). The van der Waals surface area contributed by atoms with Crippen LogP contribution in [0, 0.1) is 19.7 Å². The number of oxime groups is 2. The molecule has 0 unspecified atom stereocenters. The maximum atomic E-state index is 14.0. The van der Waals surface area contributed by atoms with Gasteiger partial charge in [0.15, 0.2) is 5.71 Å². The van der Waals surface area contributed by atoms with Gasteiger partial charge in [0.2, 0.25) is 0 Å². The minimum absolute atomic E-state index is 0.0898. The maximum absolute atomic E-state index is 14.0. The Labute approximate surface area is 164 Å². The number of likely N-dealkylation sites (N-methyl/N-ethyl adjacent to an activating group) is 1. The monoisotopic (exact) mass is 385 g/mol. The first kappa shape index (κ1) is 21.1. The number of nitrogens with zero attached hydrogens (tertiary/aromatic N) is 2. The molecule has 28 heavy (non-hydrogen) atoms. The smallest absolute Gasteiger partial charge is 0.273 e. The summed E-state index contributed by atoms with van der Waals surface area (Å²) in [6.45, 7) is 5.55. The summed E-state index contributed by atoms with van der Waals surface area (Å²) in [4.78, 5) is 22.5. The van der Waals surface area contributed by atoms with E-state index in [-0.39, 0.29) is 24.0 Å². The molecule has 0 aliphatic heterocycles. The second-order valence-electron chi connectivity index (χ2n) is 6.24. The Balaban J connectivity index is 2.31. The van der Waals surface area contributed by atoms with Crippen LogP contribution in [0.4, 0.5) is 4.39 Å². The number of rotatable bonds is 7. The molecule has 0 aliphatic carbocycles. The Morgan fingerprint density at radius 1 is 1.14 bits per heavy atom. The minimum Gasteiger partial charge on any atom is -0.398 e. The van der Waals surface area contributed by atoms with Gasteiger partial charge in [-0.1, -0.05) is 40.1 Å². The van der Waals surface area contributed by atoms with Gasteiger partial charge in [0.05, 0.1) is 5.71 Å². The largest absolute Gasteiger partial charge is 0.398 e. The third kappa shape index (κ3) is 4.94. The van der Waals surface area contributed by atoms with Crippen LogP contribution in [0.25, 0.3) is 0 Å². The van der Waals surface area contributed by atoms with Crippen molar-refractivity contribution in [3.05, 3.63) is 70.0 Å². The van der Waals surface area contributed by atoms with Crippen molar-refractivity contribution in [1.29, 1.82) is 0 Å². The molecule has 0 saturated carbocycles. The standard InChI is InChI=1S/C21H24FN3O3/c1-13-9-10-19(22)17(11-13)15(3)24-28-12-18-14(2)7-6-8-16(18)20(25-27-5)21(26)23-4/h6-11H,12H2,1-5H3,(H,23,26)/b24-15+,25-20+. The molecule has 0 bridgehead atoms. The van der Waals surface area contributed by atoms with E-state index >= 15 is 0 Å². The van der Waals surface area contributed by atoms with Gasteiger partial charge in [-0.25, -0.2) is 4.39 Å². The molecule has 1 N–H and O–H groups in total. The lowest BCUT2D eigenvalue weighted by Gasteiger charge is -2.13. The zero-order valence-electron chi connectivity index (χ0n) is 16.7. The van der Waals surface area contributed by atoms with Crippen LogP contribution in [0.15, 0.2) is 46.7 Å². The number of aryl methyl sites for hydroxylation is 2. The molecular weight excluding hydrogens is 361 g/mol. The second kappa shape index (κ2) is 9.64. The van der Waals surface area contributed by atoms with Gasteiger partial charge in [0, 0.05) is 23.7 Å². The van der Waals surface area contributed by atoms with Crippen LogP contribution in [0.2, 0.25) is 0 Å². The highest BCUT2D eigenvalue weighted by Gasteiger charge is 2.19. The Kier molecular flexibility index (Phi) is 7.26. The van der Waals surface area contributed by atoms with Gasteiger partial charge in [0.25, 0.3) is 5.91 Å². The fraction of sp³-hybridized carbons (Fsp3) is 0.286. The fourth-order valence-electron chi connectivity index (χ4n) is 2.70. The number of hydrogen-bond acceptors (Lipinski definition) is 5. The van der Waals surface area contributed by atoms with E-state index in [0.29, 0.717) is 16.8 Å². The Hall–Kier alpha value is -3.22. The lowest BCUT2D eigenvalue weighted by molar-refractivity contribution is -0.114. The third-order valence-electron chi connectivity index (χ3n) is 4.21. The molecule has 2 aromatic carbocycles. The zero-order valence-corrected chi connectivity index (χ0v) is 16.7. The lowest BCUT2D eigenvalue weighted by atomic mass is 9.98. The number of amides is 1. The molecule has 0 spiro atoms. The van der Waals surface area contributed by atoms with Gasteiger partial charge < -0.3 is 15.0 Å². The number of halogens is 1. The summed E-state index contributed by atoms with van der Waals surface area (Å²) >= 11 is 0. The molecule has 0 aromatic heterocycles. The topological polar surface area (TPSA) is 72.3 Å². The van der Waals surface area contributed by atoms with Crippen molar-refractivity contribution in [3.8, 4) is 0 Å². The van der Waals surface area contributed by atoms with E-state index in [1.807, 2.05) is 26.0 Å². The van der Waals surface area contributed by atoms with E-state index in [2.05, 4.69) is 15.6 Å². The van der Waals surface area contributed by atoms with Crippen LogP contribution in [0.5, 0.6) is 0 Å². The van der Waals surface area contributed by atoms with Crippen molar-refractivity contribution in [1.82, 2.24) is 5.32 Å². The predicted molar refractivity (Wildman–Crippen MR) is 107 cm³/mol. The first-order valence-electron chi connectivity index (χ1n) is 8.74. The maximum Gasteiger partial charge on any atom is 0.273 e. The summed E-state index contributed by atoms with van der Waals surface area (Å²) in [6.07, 6.45) is 0. The first-order valence-corrected chi connectivity index (χ1v) is 8.74. The number of carbonyl (C=O) groups is 1. The van der Waals surface area contributed by atoms with Crippen molar-refractivity contribution >= 4 is 17.3 Å². The van der Waals surface area contributed by atoms with Gasteiger partial charge in [-0.3, -0.25) is 4.79 Å². The van der Waals surface area contributed by atoms with Gasteiger partial charge >= 0.3 is 0 Å². The first-order chi connectivity index (χ1) is 13.4. The van der Waals surface area contributed by atoms with Crippen molar-refractivity contribution in [2.45, 2.75) is 27.4 Å². The molecule has 7 heteroatoms. The predicted octanol–water partition coefficient (Wildman–Crippen LogP) is 3.48. The van der Waals surface area contributed by atoms with E-state index in [0.717, 1.165) is 16.7 Å². The number of benzene rings is 2. The molecule has 0 saturated heterocycles. The summed E-state index contributed by atoms with van der Waals surface area (Å²) in [6, 6.07) is 10.3. The number of nitrogens with one attached hydrogen (secondary N) is 1. The summed E-state index contributed by atoms with van der Waals surface area (Å²) < 4.78 is 14.0. The van der Waals surface area contributed by atoms with E-state index in [9.17, 15) is 9.18 Å². The van der Waals surface area contributed by atoms with Crippen LogP contribution in [0.3, 0.4) is 0 Å². The van der Waals surface area contributed by atoms with Gasteiger partial charge in [0.1, 0.15) is 19.5 Å². The summed E-state index contributed by atoms with van der Waals surface area (Å²) in [7, 11) is 2.89. The number of carbonyl (C=O) groups excluding carboxylic acids is 1. The lowest BCUT2D eigenvalue weighted by Crippen LogP contribution is -2.29. The Morgan fingerprint density at radius 2 is 1.89 bits per heavy atom. The van der Waals surface area contributed by atoms with Crippen LogP contribution < -0.4 is 5.32 Å². The average molecular weight is 385 g/mol.